The maximum Gasteiger partial charge on any atom is 0.336 e. The van der Waals surface area contributed by atoms with Crippen molar-refractivity contribution >= 4 is 34.3 Å². The monoisotopic (exact) mass is 368 g/mol. The number of anilines is 1. The SMILES string of the molecule is Cc1cc(=O)oc2cc(NC(=O)[C@H](N)CSCc3ccccc3)ccc12. The molecule has 0 aliphatic heterocycles. The van der Waals surface area contributed by atoms with Crippen LogP contribution in [0.25, 0.3) is 11.0 Å². The number of benzene rings is 2. The first-order valence-electron chi connectivity index (χ1n) is 8.25. The van der Waals surface area contributed by atoms with Gasteiger partial charge in [-0.1, -0.05) is 30.3 Å². The van der Waals surface area contributed by atoms with E-state index in [0.29, 0.717) is 17.0 Å². The number of carbonyl (C=O) groups is 1. The normalized spacial score (nSPS) is 12.1. The van der Waals surface area contributed by atoms with Crippen LogP contribution in [0.5, 0.6) is 0 Å². The standard InChI is InChI=1S/C20H20N2O3S/c1-13-9-19(23)25-18-10-15(7-8-16(13)18)22-20(24)17(21)12-26-11-14-5-3-2-4-6-14/h2-10,17H,11-12,21H2,1H3,(H,22,24)/t17-/m1/s1. The number of fused-ring (bicyclic) bond motifs is 1. The summed E-state index contributed by atoms with van der Waals surface area (Å²) in [6.07, 6.45) is 0. The van der Waals surface area contributed by atoms with E-state index in [-0.39, 0.29) is 5.91 Å². The molecule has 6 heteroatoms. The molecule has 134 valence electrons. The maximum absolute atomic E-state index is 12.3. The van der Waals surface area contributed by atoms with Gasteiger partial charge in [0.15, 0.2) is 0 Å². The van der Waals surface area contributed by atoms with Gasteiger partial charge >= 0.3 is 5.63 Å². The molecule has 1 atom stereocenters. The fraction of sp³-hybridized carbons (Fsp3) is 0.200. The largest absolute Gasteiger partial charge is 0.423 e. The lowest BCUT2D eigenvalue weighted by molar-refractivity contribution is -0.116. The van der Waals surface area contributed by atoms with E-state index in [1.54, 1.807) is 23.9 Å². The number of hydrogen-bond acceptors (Lipinski definition) is 5. The lowest BCUT2D eigenvalue weighted by atomic mass is 10.1. The van der Waals surface area contributed by atoms with Gasteiger partial charge in [0, 0.05) is 34.7 Å². The highest BCUT2D eigenvalue weighted by atomic mass is 32.2. The number of nitrogens with one attached hydrogen (secondary N) is 1. The van der Waals surface area contributed by atoms with Gasteiger partial charge in [0.1, 0.15) is 5.58 Å². The Morgan fingerprint density at radius 1 is 1.19 bits per heavy atom. The van der Waals surface area contributed by atoms with Gasteiger partial charge in [0.05, 0.1) is 6.04 Å². The number of carbonyl (C=O) groups excluding carboxylic acids is 1. The van der Waals surface area contributed by atoms with Gasteiger partial charge in [0.25, 0.3) is 0 Å². The second-order valence-corrected chi connectivity index (χ2v) is 7.09. The highest BCUT2D eigenvalue weighted by molar-refractivity contribution is 7.98. The molecule has 0 spiro atoms. The maximum atomic E-state index is 12.3. The zero-order valence-electron chi connectivity index (χ0n) is 14.4. The molecular formula is C20H20N2O3S. The van der Waals surface area contributed by atoms with Crippen molar-refractivity contribution in [3.8, 4) is 0 Å². The fourth-order valence-electron chi connectivity index (χ4n) is 2.59. The number of hydrogen-bond donors (Lipinski definition) is 2. The Balaban J connectivity index is 1.60. The van der Waals surface area contributed by atoms with Crippen molar-refractivity contribution < 1.29 is 9.21 Å². The average Bonchev–Trinajstić information content (AvgIpc) is 2.62. The minimum absolute atomic E-state index is 0.264. The first kappa shape index (κ1) is 18.2. The zero-order chi connectivity index (χ0) is 18.5. The fourth-order valence-corrected chi connectivity index (χ4v) is 3.54. The van der Waals surface area contributed by atoms with Gasteiger partial charge in [-0.15, -0.1) is 0 Å². The van der Waals surface area contributed by atoms with Crippen LogP contribution in [0.1, 0.15) is 11.1 Å². The van der Waals surface area contributed by atoms with E-state index in [1.165, 1.54) is 11.6 Å². The highest BCUT2D eigenvalue weighted by Gasteiger charge is 2.14. The molecule has 0 aliphatic carbocycles. The van der Waals surface area contributed by atoms with Crippen LogP contribution >= 0.6 is 11.8 Å². The molecule has 0 radical (unpaired) electrons. The topological polar surface area (TPSA) is 85.3 Å². The van der Waals surface area contributed by atoms with Crippen LogP contribution in [0.4, 0.5) is 5.69 Å². The van der Waals surface area contributed by atoms with E-state index >= 15 is 0 Å². The van der Waals surface area contributed by atoms with Crippen LogP contribution in [0.3, 0.4) is 0 Å². The molecule has 0 unspecified atom stereocenters. The van der Waals surface area contributed by atoms with E-state index in [4.69, 9.17) is 10.2 Å². The molecule has 0 fully saturated rings. The minimum Gasteiger partial charge on any atom is -0.423 e. The summed E-state index contributed by atoms with van der Waals surface area (Å²) in [5.41, 5.74) is 8.61. The molecule has 3 aromatic rings. The summed E-state index contributed by atoms with van der Waals surface area (Å²) in [6.45, 7) is 1.84. The number of thioether (sulfide) groups is 1. The van der Waals surface area contributed by atoms with Gasteiger partial charge in [-0.05, 0) is 30.2 Å². The van der Waals surface area contributed by atoms with Gasteiger partial charge in [-0.3, -0.25) is 4.79 Å². The van der Waals surface area contributed by atoms with Crippen molar-refractivity contribution in [3.05, 3.63) is 76.1 Å². The van der Waals surface area contributed by atoms with E-state index in [9.17, 15) is 9.59 Å². The molecule has 0 aliphatic rings. The number of aryl methyl sites for hydroxylation is 1. The molecule has 2 aromatic carbocycles. The number of nitrogens with two attached hydrogens (primary N) is 1. The van der Waals surface area contributed by atoms with Crippen molar-refractivity contribution in [2.75, 3.05) is 11.1 Å². The summed E-state index contributed by atoms with van der Waals surface area (Å²) in [5.74, 6) is 1.06. The van der Waals surface area contributed by atoms with Crippen LogP contribution in [0, 0.1) is 6.92 Å². The van der Waals surface area contributed by atoms with Gasteiger partial charge in [0.2, 0.25) is 5.91 Å². The predicted molar refractivity (Wildman–Crippen MR) is 106 cm³/mol. The highest BCUT2D eigenvalue weighted by Crippen LogP contribution is 2.21. The van der Waals surface area contributed by atoms with Crippen molar-refractivity contribution in [1.29, 1.82) is 0 Å². The minimum atomic E-state index is -0.621. The Morgan fingerprint density at radius 3 is 2.73 bits per heavy atom. The second kappa shape index (κ2) is 8.21. The van der Waals surface area contributed by atoms with Crippen LogP contribution < -0.4 is 16.7 Å². The summed E-state index contributed by atoms with van der Waals surface area (Å²) in [7, 11) is 0. The molecule has 1 aromatic heterocycles. The number of rotatable bonds is 6. The quantitative estimate of drug-likeness (QED) is 0.652. The predicted octanol–water partition coefficient (Wildman–Crippen LogP) is 3.30. The Labute approximate surface area is 155 Å². The Bertz CT molecular complexity index is 970. The molecule has 5 nitrogen and oxygen atoms in total. The smallest absolute Gasteiger partial charge is 0.336 e. The molecule has 0 bridgehead atoms. The molecule has 0 saturated heterocycles. The van der Waals surface area contributed by atoms with Gasteiger partial charge < -0.3 is 15.5 Å². The van der Waals surface area contributed by atoms with Crippen LogP contribution in [0.2, 0.25) is 0 Å². The second-order valence-electron chi connectivity index (χ2n) is 6.06. The molecule has 3 rings (SSSR count). The zero-order valence-corrected chi connectivity index (χ0v) is 15.2. The lowest BCUT2D eigenvalue weighted by Crippen LogP contribution is -2.37. The first-order valence-corrected chi connectivity index (χ1v) is 9.41. The average molecular weight is 368 g/mol. The van der Waals surface area contributed by atoms with Gasteiger partial charge in [-0.25, -0.2) is 4.79 Å². The molecule has 1 amide bonds. The van der Waals surface area contributed by atoms with Gasteiger partial charge in [-0.2, -0.15) is 11.8 Å². The van der Waals surface area contributed by atoms with Crippen molar-refractivity contribution in [1.82, 2.24) is 0 Å². The third-order valence-corrected chi connectivity index (χ3v) is 5.10. The third kappa shape index (κ3) is 4.53. The molecule has 0 saturated carbocycles. The summed E-state index contributed by atoms with van der Waals surface area (Å²) in [4.78, 5) is 23.8. The lowest BCUT2D eigenvalue weighted by Gasteiger charge is -2.12. The van der Waals surface area contributed by atoms with E-state index < -0.39 is 11.7 Å². The number of amides is 1. The molecular weight excluding hydrogens is 348 g/mol. The van der Waals surface area contributed by atoms with Crippen molar-refractivity contribution in [2.24, 2.45) is 5.73 Å². The molecule has 3 N–H and O–H groups in total. The van der Waals surface area contributed by atoms with Crippen molar-refractivity contribution in [3.63, 3.8) is 0 Å². The van der Waals surface area contributed by atoms with Crippen LogP contribution in [0.15, 0.2) is 63.8 Å². The Morgan fingerprint density at radius 2 is 1.96 bits per heavy atom. The summed E-state index contributed by atoms with van der Waals surface area (Å²) < 4.78 is 5.20. The van der Waals surface area contributed by atoms with Crippen molar-refractivity contribution in [2.45, 2.75) is 18.7 Å². The Kier molecular flexibility index (Phi) is 5.75. The molecule has 1 heterocycles. The summed E-state index contributed by atoms with van der Waals surface area (Å²) in [6, 6.07) is 16.1. The van der Waals surface area contributed by atoms with E-state index in [2.05, 4.69) is 5.32 Å². The van der Waals surface area contributed by atoms with E-state index in [1.807, 2.05) is 43.3 Å². The van der Waals surface area contributed by atoms with Crippen LogP contribution in [-0.2, 0) is 10.5 Å². The van der Waals surface area contributed by atoms with E-state index in [0.717, 1.165) is 16.7 Å². The first-order chi connectivity index (χ1) is 12.5. The summed E-state index contributed by atoms with van der Waals surface area (Å²) >= 11 is 1.61. The molecule has 26 heavy (non-hydrogen) atoms. The van der Waals surface area contributed by atoms with Crippen LogP contribution in [-0.4, -0.2) is 17.7 Å². The summed E-state index contributed by atoms with van der Waals surface area (Å²) in [5, 5.41) is 3.62. The Hall–Kier alpha value is -2.57. The third-order valence-electron chi connectivity index (χ3n) is 3.96.